The Hall–Kier alpha value is -2.60. The fourth-order valence-electron chi connectivity index (χ4n) is 2.91. The number of rotatable bonds is 7. The number of nitrogens with zero attached hydrogens (tertiary/aromatic N) is 2. The zero-order valence-corrected chi connectivity index (χ0v) is 17.1. The van der Waals surface area contributed by atoms with E-state index in [4.69, 9.17) is 0 Å². The van der Waals surface area contributed by atoms with Crippen LogP contribution in [0.4, 0.5) is 4.39 Å². The highest BCUT2D eigenvalue weighted by Gasteiger charge is 2.20. The number of halogens is 1. The molecule has 0 aliphatic heterocycles. The molecule has 6 heteroatoms. The molecule has 1 unspecified atom stereocenters. The van der Waals surface area contributed by atoms with Gasteiger partial charge in [0, 0.05) is 36.5 Å². The summed E-state index contributed by atoms with van der Waals surface area (Å²) in [5, 5.41) is 3.04. The van der Waals surface area contributed by atoms with E-state index in [0.717, 1.165) is 10.5 Å². The van der Waals surface area contributed by atoms with Crippen molar-refractivity contribution < 1.29 is 9.18 Å². The van der Waals surface area contributed by atoms with Gasteiger partial charge >= 0.3 is 0 Å². The quantitative estimate of drug-likeness (QED) is 0.595. The highest BCUT2D eigenvalue weighted by molar-refractivity contribution is 7.99. The fourth-order valence-corrected chi connectivity index (χ4v) is 3.85. The summed E-state index contributed by atoms with van der Waals surface area (Å²) in [5.74, 6) is 1.03. The average molecular weight is 398 g/mol. The van der Waals surface area contributed by atoms with Crippen molar-refractivity contribution in [1.29, 1.82) is 0 Å². The molecular weight excluding hydrogens is 373 g/mol. The minimum atomic E-state index is -0.417. The summed E-state index contributed by atoms with van der Waals surface area (Å²) >= 11 is 1.67. The third kappa shape index (κ3) is 5.01. The van der Waals surface area contributed by atoms with Crippen LogP contribution in [0.25, 0.3) is 0 Å². The van der Waals surface area contributed by atoms with Crippen molar-refractivity contribution in [2.45, 2.75) is 31.2 Å². The second kappa shape index (κ2) is 9.06. The van der Waals surface area contributed by atoms with E-state index in [1.54, 1.807) is 30.1 Å². The van der Waals surface area contributed by atoms with Gasteiger partial charge in [0.25, 0.3) is 0 Å². The van der Waals surface area contributed by atoms with Gasteiger partial charge in [-0.15, -0.1) is 11.8 Å². The first-order valence-electron chi connectivity index (χ1n) is 9.16. The Bertz CT molecular complexity index is 953. The Morgan fingerprint density at radius 1 is 1.18 bits per heavy atom. The van der Waals surface area contributed by atoms with Crippen LogP contribution in [0.3, 0.4) is 0 Å². The van der Waals surface area contributed by atoms with Gasteiger partial charge in [0.15, 0.2) is 0 Å². The zero-order chi connectivity index (χ0) is 20.1. The number of aryl methyl sites for hydroxylation is 3. The second-order valence-electron chi connectivity index (χ2n) is 6.79. The molecule has 0 aliphatic rings. The molecule has 0 saturated carbocycles. The summed E-state index contributed by atoms with van der Waals surface area (Å²) in [4.78, 5) is 18.1. The number of aromatic nitrogens is 2. The van der Waals surface area contributed by atoms with Crippen LogP contribution in [0.15, 0.2) is 59.8 Å². The molecule has 4 nitrogen and oxygen atoms in total. The maximum Gasteiger partial charge on any atom is 0.221 e. The molecule has 1 amide bonds. The van der Waals surface area contributed by atoms with E-state index in [1.165, 1.54) is 23.3 Å². The van der Waals surface area contributed by atoms with Crippen LogP contribution in [-0.2, 0) is 11.8 Å². The van der Waals surface area contributed by atoms with E-state index in [1.807, 2.05) is 17.8 Å². The van der Waals surface area contributed by atoms with E-state index in [2.05, 4.69) is 42.3 Å². The van der Waals surface area contributed by atoms with Crippen LogP contribution in [0, 0.1) is 19.7 Å². The molecule has 1 heterocycles. The van der Waals surface area contributed by atoms with E-state index in [0.29, 0.717) is 18.0 Å². The van der Waals surface area contributed by atoms with Crippen molar-refractivity contribution in [3.05, 3.63) is 83.2 Å². The number of imidazole rings is 1. The van der Waals surface area contributed by atoms with Crippen molar-refractivity contribution >= 4 is 17.7 Å². The average Bonchev–Trinajstić information content (AvgIpc) is 3.09. The highest BCUT2D eigenvalue weighted by Crippen LogP contribution is 2.23. The van der Waals surface area contributed by atoms with Crippen molar-refractivity contribution in [1.82, 2.24) is 14.9 Å². The molecule has 0 saturated heterocycles. The van der Waals surface area contributed by atoms with Crippen LogP contribution < -0.4 is 5.32 Å². The largest absolute Gasteiger partial charge is 0.342 e. The summed E-state index contributed by atoms with van der Waals surface area (Å²) in [6, 6.07) is 12.1. The first-order valence-corrected chi connectivity index (χ1v) is 10.1. The lowest BCUT2D eigenvalue weighted by atomic mass is 10.1. The number of hydrogen-bond donors (Lipinski definition) is 1. The minimum Gasteiger partial charge on any atom is -0.342 e. The topological polar surface area (TPSA) is 46.9 Å². The predicted molar refractivity (Wildman–Crippen MR) is 111 cm³/mol. The fraction of sp³-hybridized carbons (Fsp3) is 0.273. The smallest absolute Gasteiger partial charge is 0.221 e. The maximum atomic E-state index is 13.3. The number of benzene rings is 2. The molecule has 1 atom stereocenters. The number of nitrogens with one attached hydrogen (secondary N) is 1. The Balaban J connectivity index is 1.65. The zero-order valence-electron chi connectivity index (χ0n) is 16.3. The number of amides is 1. The number of hydrogen-bond acceptors (Lipinski definition) is 3. The standard InChI is InChI=1S/C22H24FN3OS/c1-15-4-9-19(14-16(15)2)28-13-10-20(27)25-21(22-24-11-12-26(22)3)17-5-7-18(23)8-6-17/h4-9,11-12,14,21H,10,13H2,1-3H3,(H,25,27). The molecule has 3 rings (SSSR count). The summed E-state index contributed by atoms with van der Waals surface area (Å²) in [6.07, 6.45) is 3.90. The monoisotopic (exact) mass is 397 g/mol. The van der Waals surface area contributed by atoms with Crippen LogP contribution >= 0.6 is 11.8 Å². The molecule has 0 bridgehead atoms. The lowest BCUT2D eigenvalue weighted by Crippen LogP contribution is -2.31. The van der Waals surface area contributed by atoms with Gasteiger partial charge in [-0.3, -0.25) is 4.79 Å². The molecule has 0 fully saturated rings. The summed E-state index contributed by atoms with van der Waals surface area (Å²) in [7, 11) is 1.88. The molecule has 2 aromatic carbocycles. The highest BCUT2D eigenvalue weighted by atomic mass is 32.2. The van der Waals surface area contributed by atoms with E-state index < -0.39 is 6.04 Å². The third-order valence-electron chi connectivity index (χ3n) is 4.70. The molecule has 0 radical (unpaired) electrons. The molecule has 28 heavy (non-hydrogen) atoms. The van der Waals surface area contributed by atoms with Gasteiger partial charge < -0.3 is 9.88 Å². The molecule has 146 valence electrons. The van der Waals surface area contributed by atoms with Gasteiger partial charge in [-0.05, 0) is 54.8 Å². The first kappa shape index (κ1) is 20.1. The molecule has 1 N–H and O–H groups in total. The van der Waals surface area contributed by atoms with Gasteiger partial charge in [0.2, 0.25) is 5.91 Å². The second-order valence-corrected chi connectivity index (χ2v) is 7.96. The van der Waals surface area contributed by atoms with Crippen LogP contribution in [-0.4, -0.2) is 21.2 Å². The lowest BCUT2D eigenvalue weighted by molar-refractivity contribution is -0.121. The Morgan fingerprint density at radius 3 is 2.57 bits per heavy atom. The van der Waals surface area contributed by atoms with E-state index in [9.17, 15) is 9.18 Å². The van der Waals surface area contributed by atoms with Crippen molar-refractivity contribution in [2.24, 2.45) is 7.05 Å². The van der Waals surface area contributed by atoms with Crippen LogP contribution in [0.1, 0.15) is 35.0 Å². The van der Waals surface area contributed by atoms with Crippen molar-refractivity contribution in [3.63, 3.8) is 0 Å². The Morgan fingerprint density at radius 2 is 1.93 bits per heavy atom. The van der Waals surface area contributed by atoms with Crippen LogP contribution in [0.2, 0.25) is 0 Å². The van der Waals surface area contributed by atoms with Gasteiger partial charge in [-0.2, -0.15) is 0 Å². The van der Waals surface area contributed by atoms with E-state index in [-0.39, 0.29) is 11.7 Å². The third-order valence-corrected chi connectivity index (χ3v) is 5.70. The first-order chi connectivity index (χ1) is 13.4. The Kier molecular flexibility index (Phi) is 6.52. The lowest BCUT2D eigenvalue weighted by Gasteiger charge is -2.19. The Labute approximate surface area is 169 Å². The number of carbonyl (C=O) groups excluding carboxylic acids is 1. The van der Waals surface area contributed by atoms with Crippen LogP contribution in [0.5, 0.6) is 0 Å². The summed E-state index contributed by atoms with van der Waals surface area (Å²) in [6.45, 7) is 4.18. The number of thioether (sulfide) groups is 1. The summed E-state index contributed by atoms with van der Waals surface area (Å²) < 4.78 is 15.2. The van der Waals surface area contributed by atoms with Gasteiger partial charge in [0.1, 0.15) is 17.7 Å². The predicted octanol–water partition coefficient (Wildman–Crippen LogP) is 4.56. The van der Waals surface area contributed by atoms with E-state index >= 15 is 0 Å². The maximum absolute atomic E-state index is 13.3. The van der Waals surface area contributed by atoms with Gasteiger partial charge in [-0.25, -0.2) is 9.37 Å². The molecule has 1 aromatic heterocycles. The van der Waals surface area contributed by atoms with Crippen molar-refractivity contribution in [3.8, 4) is 0 Å². The minimum absolute atomic E-state index is 0.0614. The normalized spacial score (nSPS) is 12.0. The van der Waals surface area contributed by atoms with Crippen molar-refractivity contribution in [2.75, 3.05) is 5.75 Å². The molecular formula is C22H24FN3OS. The molecule has 0 spiro atoms. The number of carbonyl (C=O) groups is 1. The molecule has 3 aromatic rings. The van der Waals surface area contributed by atoms with Gasteiger partial charge in [-0.1, -0.05) is 18.2 Å². The van der Waals surface area contributed by atoms with Gasteiger partial charge in [0.05, 0.1) is 0 Å². The SMILES string of the molecule is Cc1ccc(SCCC(=O)NC(c2ccc(F)cc2)c2nccn2C)cc1C. The molecule has 0 aliphatic carbocycles. The summed E-state index contributed by atoms with van der Waals surface area (Å²) in [5.41, 5.74) is 3.31.